The Morgan fingerprint density at radius 2 is 1.86 bits per heavy atom. The van der Waals surface area contributed by atoms with Gasteiger partial charge in [0.25, 0.3) is 0 Å². The van der Waals surface area contributed by atoms with Gasteiger partial charge >= 0.3 is 5.97 Å². The van der Waals surface area contributed by atoms with E-state index in [0.717, 1.165) is 29.5 Å². The molecule has 0 spiro atoms. The van der Waals surface area contributed by atoms with Gasteiger partial charge in [-0.3, -0.25) is 9.59 Å². The van der Waals surface area contributed by atoms with E-state index in [1.807, 2.05) is 45.9 Å². The number of aryl methyl sites for hydroxylation is 2. The number of Topliss-reactive ketones (excluding diaryl/α,β-unsaturated/α-hetero) is 1. The summed E-state index contributed by atoms with van der Waals surface area (Å²) in [6.07, 6.45) is 4.91. The molecule has 0 bridgehead atoms. The summed E-state index contributed by atoms with van der Waals surface area (Å²) in [6, 6.07) is 5.98. The summed E-state index contributed by atoms with van der Waals surface area (Å²) in [6.45, 7) is 14.6. The third-order valence-corrected chi connectivity index (χ3v) is 6.07. The van der Waals surface area contributed by atoms with Gasteiger partial charge < -0.3 is 4.74 Å². The van der Waals surface area contributed by atoms with Gasteiger partial charge in [0.1, 0.15) is 6.10 Å². The van der Waals surface area contributed by atoms with Crippen LogP contribution in [0.15, 0.2) is 18.2 Å². The summed E-state index contributed by atoms with van der Waals surface area (Å²) in [4.78, 5) is 25.4. The van der Waals surface area contributed by atoms with Crippen molar-refractivity contribution in [2.75, 3.05) is 0 Å². The van der Waals surface area contributed by atoms with E-state index >= 15 is 0 Å². The zero-order chi connectivity index (χ0) is 21.1. The molecule has 28 heavy (non-hydrogen) atoms. The molecule has 2 atom stereocenters. The topological polar surface area (TPSA) is 43.4 Å². The third kappa shape index (κ3) is 6.18. The maximum atomic E-state index is 12.8. The molecule has 3 nitrogen and oxygen atoms in total. The van der Waals surface area contributed by atoms with E-state index in [9.17, 15) is 9.59 Å². The zero-order valence-corrected chi connectivity index (χ0v) is 18.9. The first kappa shape index (κ1) is 22.6. The second kappa shape index (κ2) is 8.80. The molecule has 0 aliphatic heterocycles. The molecule has 3 heteroatoms. The lowest BCUT2D eigenvalue weighted by Gasteiger charge is -2.39. The van der Waals surface area contributed by atoms with Gasteiger partial charge in [-0.15, -0.1) is 0 Å². The molecule has 1 aromatic carbocycles. The number of hydrogen-bond donors (Lipinski definition) is 0. The van der Waals surface area contributed by atoms with Crippen LogP contribution in [-0.4, -0.2) is 17.9 Å². The lowest BCUT2D eigenvalue weighted by Crippen LogP contribution is -2.37. The highest BCUT2D eigenvalue weighted by Gasteiger charge is 2.37. The average molecular weight is 387 g/mol. The highest BCUT2D eigenvalue weighted by atomic mass is 16.5. The molecule has 1 aliphatic carbocycles. The minimum absolute atomic E-state index is 0.0158. The molecule has 0 amide bonds. The Morgan fingerprint density at radius 1 is 1.18 bits per heavy atom. The number of rotatable bonds is 7. The van der Waals surface area contributed by atoms with Gasteiger partial charge in [0.05, 0.1) is 5.41 Å². The van der Waals surface area contributed by atoms with E-state index in [0.29, 0.717) is 25.2 Å². The van der Waals surface area contributed by atoms with Crippen LogP contribution in [0.3, 0.4) is 0 Å². The lowest BCUT2D eigenvalue weighted by atomic mass is 9.71. The highest BCUT2D eigenvalue weighted by molar-refractivity contribution is 5.97. The van der Waals surface area contributed by atoms with Crippen molar-refractivity contribution in [1.29, 1.82) is 0 Å². The molecule has 0 heterocycles. The lowest BCUT2D eigenvalue weighted by molar-refractivity contribution is -0.164. The number of carbonyl (C=O) groups excluding carboxylic acids is 2. The standard InChI is InChI=1S/C25H38O3/c1-17-10-11-19(3)21(14-17)22(26)9-8-12-25(6,7)23(27)28-20-13-18(2)15-24(4,5)16-20/h10-11,14,18,20H,8-9,12-13,15-16H2,1-7H3. The van der Waals surface area contributed by atoms with Gasteiger partial charge in [-0.05, 0) is 82.8 Å². The normalized spacial score (nSPS) is 22.0. The maximum absolute atomic E-state index is 12.8. The minimum Gasteiger partial charge on any atom is -0.462 e. The Morgan fingerprint density at radius 3 is 2.50 bits per heavy atom. The highest BCUT2D eigenvalue weighted by Crippen LogP contribution is 2.40. The van der Waals surface area contributed by atoms with Crippen LogP contribution in [0, 0.1) is 30.6 Å². The van der Waals surface area contributed by atoms with Crippen LogP contribution < -0.4 is 0 Å². The van der Waals surface area contributed by atoms with Crippen LogP contribution in [-0.2, 0) is 9.53 Å². The Bertz CT molecular complexity index is 715. The van der Waals surface area contributed by atoms with Crippen LogP contribution in [0.2, 0.25) is 0 Å². The number of esters is 1. The molecule has 1 aliphatic rings. The Balaban J connectivity index is 1.88. The summed E-state index contributed by atoms with van der Waals surface area (Å²) in [5.41, 5.74) is 2.59. The third-order valence-electron chi connectivity index (χ3n) is 6.07. The molecule has 1 saturated carbocycles. The fourth-order valence-electron chi connectivity index (χ4n) is 4.62. The van der Waals surface area contributed by atoms with Crippen molar-refractivity contribution in [2.45, 2.75) is 93.1 Å². The quantitative estimate of drug-likeness (QED) is 0.400. The minimum atomic E-state index is -0.563. The Kier molecular flexibility index (Phi) is 7.12. The molecule has 2 unspecified atom stereocenters. The van der Waals surface area contributed by atoms with Crippen molar-refractivity contribution in [1.82, 2.24) is 0 Å². The molecular formula is C25H38O3. The van der Waals surface area contributed by atoms with Gasteiger partial charge in [-0.2, -0.15) is 0 Å². The fourth-order valence-corrected chi connectivity index (χ4v) is 4.62. The van der Waals surface area contributed by atoms with Crippen molar-refractivity contribution in [3.05, 3.63) is 34.9 Å². The number of ketones is 1. The van der Waals surface area contributed by atoms with Gasteiger partial charge in [0.2, 0.25) is 0 Å². The first-order valence-electron chi connectivity index (χ1n) is 10.7. The molecule has 2 rings (SSSR count). The maximum Gasteiger partial charge on any atom is 0.311 e. The van der Waals surface area contributed by atoms with Crippen molar-refractivity contribution in [2.24, 2.45) is 16.7 Å². The smallest absolute Gasteiger partial charge is 0.311 e. The summed E-state index contributed by atoms with van der Waals surface area (Å²) < 4.78 is 5.92. The number of hydrogen-bond acceptors (Lipinski definition) is 3. The number of carbonyl (C=O) groups is 2. The van der Waals surface area contributed by atoms with Gasteiger partial charge in [0, 0.05) is 12.0 Å². The van der Waals surface area contributed by atoms with Crippen molar-refractivity contribution in [3.63, 3.8) is 0 Å². The number of ether oxygens (including phenoxy) is 1. The van der Waals surface area contributed by atoms with Crippen molar-refractivity contribution < 1.29 is 14.3 Å². The van der Waals surface area contributed by atoms with E-state index in [1.165, 1.54) is 6.42 Å². The van der Waals surface area contributed by atoms with E-state index in [-0.39, 0.29) is 23.3 Å². The van der Waals surface area contributed by atoms with Crippen LogP contribution in [0.25, 0.3) is 0 Å². The Labute approximate surface area is 171 Å². The van der Waals surface area contributed by atoms with Gasteiger partial charge in [0.15, 0.2) is 5.78 Å². The second-order valence-electron chi connectivity index (χ2n) is 10.4. The molecule has 156 valence electrons. The number of benzene rings is 1. The SMILES string of the molecule is Cc1ccc(C)c(C(=O)CCCC(C)(C)C(=O)OC2CC(C)CC(C)(C)C2)c1. The Hall–Kier alpha value is -1.64. The summed E-state index contributed by atoms with van der Waals surface area (Å²) >= 11 is 0. The van der Waals surface area contributed by atoms with E-state index in [2.05, 4.69) is 20.8 Å². The van der Waals surface area contributed by atoms with Crippen LogP contribution in [0.1, 0.15) is 94.6 Å². The first-order valence-corrected chi connectivity index (χ1v) is 10.7. The fraction of sp³-hybridized carbons (Fsp3) is 0.680. The molecule has 0 radical (unpaired) electrons. The molecule has 0 N–H and O–H groups in total. The summed E-state index contributed by atoms with van der Waals surface area (Å²) in [5.74, 6) is 0.620. The zero-order valence-electron chi connectivity index (χ0n) is 18.9. The van der Waals surface area contributed by atoms with Gasteiger partial charge in [-0.1, -0.05) is 38.5 Å². The second-order valence-corrected chi connectivity index (χ2v) is 10.4. The van der Waals surface area contributed by atoms with E-state index in [1.54, 1.807) is 0 Å². The van der Waals surface area contributed by atoms with E-state index in [4.69, 9.17) is 4.74 Å². The molecule has 0 aromatic heterocycles. The largest absolute Gasteiger partial charge is 0.462 e. The van der Waals surface area contributed by atoms with Crippen LogP contribution in [0.4, 0.5) is 0 Å². The predicted octanol–water partition coefficient (Wildman–Crippen LogP) is 6.44. The van der Waals surface area contributed by atoms with Crippen LogP contribution >= 0.6 is 0 Å². The van der Waals surface area contributed by atoms with Crippen molar-refractivity contribution >= 4 is 11.8 Å². The van der Waals surface area contributed by atoms with Gasteiger partial charge in [-0.25, -0.2) is 0 Å². The van der Waals surface area contributed by atoms with Crippen LogP contribution in [0.5, 0.6) is 0 Å². The molecular weight excluding hydrogens is 348 g/mol. The molecule has 1 aromatic rings. The summed E-state index contributed by atoms with van der Waals surface area (Å²) in [7, 11) is 0. The first-order chi connectivity index (χ1) is 12.9. The van der Waals surface area contributed by atoms with E-state index < -0.39 is 5.41 Å². The average Bonchev–Trinajstić information content (AvgIpc) is 2.54. The summed E-state index contributed by atoms with van der Waals surface area (Å²) in [5, 5.41) is 0. The predicted molar refractivity (Wildman–Crippen MR) is 115 cm³/mol. The van der Waals surface area contributed by atoms with Crippen molar-refractivity contribution in [3.8, 4) is 0 Å². The monoisotopic (exact) mass is 386 g/mol. The molecule has 1 fully saturated rings. The molecule has 0 saturated heterocycles.